The van der Waals surface area contributed by atoms with E-state index in [0.29, 0.717) is 50.2 Å². The zero-order valence-corrected chi connectivity index (χ0v) is 18.7. The predicted molar refractivity (Wildman–Crippen MR) is 127 cm³/mol. The quantitative estimate of drug-likeness (QED) is 0.373. The molecule has 5 nitrogen and oxygen atoms in total. The van der Waals surface area contributed by atoms with Gasteiger partial charge in [0, 0.05) is 24.4 Å². The van der Waals surface area contributed by atoms with Crippen molar-refractivity contribution in [2.45, 2.75) is 20.3 Å². The van der Waals surface area contributed by atoms with E-state index in [2.05, 4.69) is 11.7 Å². The van der Waals surface area contributed by atoms with Gasteiger partial charge in [-0.05, 0) is 60.9 Å². The number of hydrogen-bond acceptors (Lipinski definition) is 4. The summed E-state index contributed by atoms with van der Waals surface area (Å²) in [5, 5.41) is 5.71. The molecule has 0 aliphatic carbocycles. The van der Waals surface area contributed by atoms with Crippen molar-refractivity contribution in [3.8, 4) is 22.8 Å². The van der Waals surface area contributed by atoms with E-state index < -0.39 is 0 Å². The fourth-order valence-corrected chi connectivity index (χ4v) is 3.99. The van der Waals surface area contributed by atoms with Crippen LogP contribution in [0.1, 0.15) is 16.7 Å². The van der Waals surface area contributed by atoms with Crippen LogP contribution in [0, 0.1) is 19.7 Å². The van der Waals surface area contributed by atoms with Gasteiger partial charge in [0.25, 0.3) is 5.56 Å². The summed E-state index contributed by atoms with van der Waals surface area (Å²) in [5.74, 6) is 0.489. The molecule has 0 amide bonds. The van der Waals surface area contributed by atoms with Crippen molar-refractivity contribution in [3.63, 3.8) is 0 Å². The number of carbonyl (C=O) groups excluding carboxylic acids is 1. The highest BCUT2D eigenvalue weighted by atomic mass is 19.1. The maximum atomic E-state index is 13.8. The Morgan fingerprint density at radius 1 is 1.09 bits per heavy atom. The predicted octanol–water partition coefficient (Wildman–Crippen LogP) is 5.45. The average molecular weight is 442 g/mol. The fourth-order valence-electron chi connectivity index (χ4n) is 3.99. The van der Waals surface area contributed by atoms with Crippen molar-refractivity contribution in [2.75, 3.05) is 0 Å². The number of ether oxygens (including phenoxy) is 1. The molecule has 0 saturated heterocycles. The number of rotatable bonds is 6. The van der Waals surface area contributed by atoms with Crippen LogP contribution in [-0.2, 0) is 18.3 Å². The van der Waals surface area contributed by atoms with E-state index in [1.807, 2.05) is 18.2 Å². The van der Waals surface area contributed by atoms with Crippen LogP contribution < -0.4 is 10.3 Å². The number of allylic oxidation sites excluding steroid dienone is 1. The Hall–Kier alpha value is -4.06. The summed E-state index contributed by atoms with van der Waals surface area (Å²) >= 11 is 0. The molecule has 0 spiro atoms. The van der Waals surface area contributed by atoms with E-state index in [0.717, 1.165) is 0 Å². The molecular weight excluding hydrogens is 419 g/mol. The molecule has 4 aromatic rings. The molecule has 0 saturated carbocycles. The molecule has 1 heterocycles. The van der Waals surface area contributed by atoms with E-state index in [1.54, 1.807) is 45.2 Å². The molecular formula is C27H23FN2O3. The average Bonchev–Trinajstić information content (AvgIpc) is 2.79. The number of fused-ring (bicyclic) bond motifs is 1. The highest BCUT2D eigenvalue weighted by Gasteiger charge is 2.21. The summed E-state index contributed by atoms with van der Waals surface area (Å²) in [7, 11) is 1.59. The highest BCUT2D eigenvalue weighted by Crippen LogP contribution is 2.40. The lowest BCUT2D eigenvalue weighted by atomic mass is 9.95. The van der Waals surface area contributed by atoms with E-state index in [-0.39, 0.29) is 23.6 Å². The standard InChI is InChI=1S/C27H23FN2O3/c1-5-20(31)15-18-9-8-12-23(33-26-16(2)13-19(28)14-17(26)3)24(18)25-21-10-6-7-11-22(21)27(32)30(4)29-25/h5-14H,1,15H2,2-4H3. The summed E-state index contributed by atoms with van der Waals surface area (Å²) < 4.78 is 21.5. The minimum Gasteiger partial charge on any atom is -0.456 e. The SMILES string of the molecule is C=CC(=O)Cc1cccc(Oc2c(C)cc(F)cc2C)c1-c1nn(C)c(=O)c2ccccc12. The number of aryl methyl sites for hydroxylation is 3. The van der Waals surface area contributed by atoms with Gasteiger partial charge in [-0.25, -0.2) is 9.07 Å². The molecule has 166 valence electrons. The smallest absolute Gasteiger partial charge is 0.274 e. The molecule has 0 aliphatic heterocycles. The Labute approximate surface area is 190 Å². The second-order valence-corrected chi connectivity index (χ2v) is 7.93. The maximum absolute atomic E-state index is 13.8. The minimum atomic E-state index is -0.339. The van der Waals surface area contributed by atoms with Gasteiger partial charge < -0.3 is 4.74 Å². The zero-order chi connectivity index (χ0) is 23.7. The van der Waals surface area contributed by atoms with Gasteiger partial charge in [-0.15, -0.1) is 0 Å². The first-order valence-electron chi connectivity index (χ1n) is 10.5. The second kappa shape index (κ2) is 8.82. The number of carbonyl (C=O) groups is 1. The third-order valence-corrected chi connectivity index (χ3v) is 5.54. The van der Waals surface area contributed by atoms with Gasteiger partial charge in [-0.1, -0.05) is 36.9 Å². The maximum Gasteiger partial charge on any atom is 0.274 e. The number of ketones is 1. The molecule has 3 aromatic carbocycles. The molecule has 0 atom stereocenters. The molecule has 0 N–H and O–H groups in total. The lowest BCUT2D eigenvalue weighted by Crippen LogP contribution is -2.20. The summed E-state index contributed by atoms with van der Waals surface area (Å²) in [4.78, 5) is 25.0. The van der Waals surface area contributed by atoms with Gasteiger partial charge in [-0.2, -0.15) is 5.10 Å². The van der Waals surface area contributed by atoms with Crippen molar-refractivity contribution < 1.29 is 13.9 Å². The van der Waals surface area contributed by atoms with E-state index in [4.69, 9.17) is 4.74 Å². The number of aromatic nitrogens is 2. The van der Waals surface area contributed by atoms with Gasteiger partial charge in [0.05, 0.1) is 5.39 Å². The minimum absolute atomic E-state index is 0.0935. The van der Waals surface area contributed by atoms with Crippen molar-refractivity contribution in [3.05, 3.63) is 100 Å². The van der Waals surface area contributed by atoms with Crippen LogP contribution in [0.3, 0.4) is 0 Å². The molecule has 4 rings (SSSR count). The van der Waals surface area contributed by atoms with Crippen LogP contribution in [0.25, 0.3) is 22.0 Å². The van der Waals surface area contributed by atoms with Gasteiger partial charge in [0.1, 0.15) is 23.0 Å². The number of halogens is 1. The monoisotopic (exact) mass is 442 g/mol. The van der Waals surface area contributed by atoms with Crippen LogP contribution in [0.2, 0.25) is 0 Å². The van der Waals surface area contributed by atoms with Crippen LogP contribution in [0.15, 0.2) is 72.0 Å². The summed E-state index contributed by atoms with van der Waals surface area (Å²) in [6.07, 6.45) is 1.37. The lowest BCUT2D eigenvalue weighted by molar-refractivity contribution is -0.114. The summed E-state index contributed by atoms with van der Waals surface area (Å²) in [6.45, 7) is 7.13. The Morgan fingerprint density at radius 3 is 2.42 bits per heavy atom. The summed E-state index contributed by atoms with van der Waals surface area (Å²) in [6, 6.07) is 15.4. The molecule has 0 bridgehead atoms. The van der Waals surface area contributed by atoms with Crippen LogP contribution in [0.5, 0.6) is 11.5 Å². The molecule has 1 aromatic heterocycles. The number of nitrogens with zero attached hydrogens (tertiary/aromatic N) is 2. The zero-order valence-electron chi connectivity index (χ0n) is 18.7. The molecule has 0 fully saturated rings. The lowest BCUT2D eigenvalue weighted by Gasteiger charge is -2.19. The Bertz CT molecular complexity index is 1450. The largest absolute Gasteiger partial charge is 0.456 e. The third-order valence-electron chi connectivity index (χ3n) is 5.54. The second-order valence-electron chi connectivity index (χ2n) is 7.93. The van der Waals surface area contributed by atoms with Crippen LogP contribution in [-0.4, -0.2) is 15.6 Å². The van der Waals surface area contributed by atoms with Crippen molar-refractivity contribution >= 4 is 16.6 Å². The van der Waals surface area contributed by atoms with Crippen LogP contribution >= 0.6 is 0 Å². The van der Waals surface area contributed by atoms with E-state index in [9.17, 15) is 14.0 Å². The molecule has 0 unspecified atom stereocenters. The van der Waals surface area contributed by atoms with Gasteiger partial charge >= 0.3 is 0 Å². The topological polar surface area (TPSA) is 61.2 Å². The van der Waals surface area contributed by atoms with Crippen LogP contribution in [0.4, 0.5) is 4.39 Å². The first-order chi connectivity index (χ1) is 15.8. The van der Waals surface area contributed by atoms with E-state index >= 15 is 0 Å². The van der Waals surface area contributed by atoms with Crippen molar-refractivity contribution in [2.24, 2.45) is 7.05 Å². The van der Waals surface area contributed by atoms with Crippen molar-refractivity contribution in [1.82, 2.24) is 9.78 Å². The Morgan fingerprint density at radius 2 is 1.76 bits per heavy atom. The summed E-state index contributed by atoms with van der Waals surface area (Å²) in [5.41, 5.74) is 2.87. The molecule has 6 heteroatoms. The highest BCUT2D eigenvalue weighted by molar-refractivity contribution is 5.98. The fraction of sp³-hybridized carbons (Fsp3) is 0.148. The van der Waals surface area contributed by atoms with Gasteiger partial charge in [0.2, 0.25) is 0 Å². The normalized spacial score (nSPS) is 10.9. The molecule has 33 heavy (non-hydrogen) atoms. The van der Waals surface area contributed by atoms with Gasteiger partial charge in [-0.3, -0.25) is 9.59 Å². The third kappa shape index (κ3) is 4.20. The van der Waals surface area contributed by atoms with E-state index in [1.165, 1.54) is 22.9 Å². The number of hydrogen-bond donors (Lipinski definition) is 0. The molecule has 0 aliphatic rings. The number of benzene rings is 3. The first kappa shape index (κ1) is 22.1. The Kier molecular flexibility index (Phi) is 5.92. The Balaban J connectivity index is 2.02. The van der Waals surface area contributed by atoms with Crippen molar-refractivity contribution in [1.29, 1.82) is 0 Å². The molecule has 0 radical (unpaired) electrons. The van der Waals surface area contributed by atoms with Gasteiger partial charge in [0.15, 0.2) is 5.78 Å². The first-order valence-corrected chi connectivity index (χ1v) is 10.5.